The van der Waals surface area contributed by atoms with Gasteiger partial charge >= 0.3 is 0 Å². The van der Waals surface area contributed by atoms with Crippen LogP contribution in [0.2, 0.25) is 0 Å². The Bertz CT molecular complexity index is 1020. The highest BCUT2D eigenvalue weighted by molar-refractivity contribution is 6.21. The van der Waals surface area contributed by atoms with Crippen molar-refractivity contribution in [2.24, 2.45) is 0 Å². The molecule has 172 valence electrons. The van der Waals surface area contributed by atoms with Crippen molar-refractivity contribution < 1.29 is 14.4 Å². The maximum absolute atomic E-state index is 12.7. The van der Waals surface area contributed by atoms with Crippen molar-refractivity contribution in [3.63, 3.8) is 0 Å². The number of anilines is 2. The predicted octanol–water partition coefficient (Wildman–Crippen LogP) is 1.80. The Morgan fingerprint density at radius 2 is 1.52 bits per heavy atom. The quantitative estimate of drug-likeness (QED) is 0.623. The van der Waals surface area contributed by atoms with Crippen LogP contribution in [-0.4, -0.2) is 83.3 Å². The molecule has 3 amide bonds. The van der Waals surface area contributed by atoms with Gasteiger partial charge in [0.2, 0.25) is 11.9 Å². The summed E-state index contributed by atoms with van der Waals surface area (Å²) in [7, 11) is 0. The average molecular weight is 449 g/mol. The van der Waals surface area contributed by atoms with Crippen LogP contribution in [0.1, 0.15) is 46.4 Å². The van der Waals surface area contributed by atoms with Gasteiger partial charge in [0.1, 0.15) is 5.82 Å². The third-order valence-corrected chi connectivity index (χ3v) is 6.62. The molecule has 2 fully saturated rings. The number of piperazine rings is 1. The molecule has 9 heteroatoms. The third-order valence-electron chi connectivity index (χ3n) is 6.62. The molecule has 5 rings (SSSR count). The van der Waals surface area contributed by atoms with Gasteiger partial charge in [-0.15, -0.1) is 0 Å². The zero-order valence-electron chi connectivity index (χ0n) is 18.7. The van der Waals surface area contributed by atoms with Crippen LogP contribution >= 0.6 is 0 Å². The summed E-state index contributed by atoms with van der Waals surface area (Å²) in [5.41, 5.74) is 0.894. The van der Waals surface area contributed by atoms with Crippen molar-refractivity contribution in [1.82, 2.24) is 19.8 Å². The number of nitrogens with zero attached hydrogens (tertiary/aromatic N) is 6. The molecular formula is C24H28N6O3. The molecule has 4 heterocycles. The number of fused-ring (bicyclic) bond motifs is 1. The van der Waals surface area contributed by atoms with E-state index in [1.165, 1.54) is 17.7 Å². The Morgan fingerprint density at radius 1 is 0.848 bits per heavy atom. The first-order valence-corrected chi connectivity index (χ1v) is 11.7. The summed E-state index contributed by atoms with van der Waals surface area (Å²) in [6.07, 6.45) is 4.96. The number of hydrogen-bond acceptors (Lipinski definition) is 7. The van der Waals surface area contributed by atoms with Crippen LogP contribution in [0.25, 0.3) is 0 Å². The summed E-state index contributed by atoms with van der Waals surface area (Å²) in [5.74, 6) is 1.22. The summed E-state index contributed by atoms with van der Waals surface area (Å²) in [4.78, 5) is 54.3. The molecule has 0 radical (unpaired) electrons. The van der Waals surface area contributed by atoms with Crippen molar-refractivity contribution in [2.45, 2.75) is 25.7 Å². The van der Waals surface area contributed by atoms with Gasteiger partial charge in [0, 0.05) is 58.4 Å². The van der Waals surface area contributed by atoms with Gasteiger partial charge in [0.05, 0.1) is 11.1 Å². The van der Waals surface area contributed by atoms with Crippen LogP contribution < -0.4 is 9.80 Å². The molecule has 3 aliphatic rings. The fourth-order valence-electron chi connectivity index (χ4n) is 4.76. The number of carbonyl (C=O) groups is 3. The highest BCUT2D eigenvalue weighted by atomic mass is 16.2. The van der Waals surface area contributed by atoms with E-state index in [2.05, 4.69) is 14.8 Å². The lowest BCUT2D eigenvalue weighted by Gasteiger charge is -2.35. The largest absolute Gasteiger partial charge is 0.353 e. The van der Waals surface area contributed by atoms with E-state index in [1.54, 1.807) is 24.3 Å². The van der Waals surface area contributed by atoms with Crippen molar-refractivity contribution >= 4 is 29.5 Å². The van der Waals surface area contributed by atoms with E-state index in [9.17, 15) is 14.4 Å². The molecular weight excluding hydrogens is 420 g/mol. The molecule has 2 saturated heterocycles. The lowest BCUT2D eigenvalue weighted by Crippen LogP contribution is -2.49. The topological polar surface area (TPSA) is 90.0 Å². The summed E-state index contributed by atoms with van der Waals surface area (Å²) >= 11 is 0. The van der Waals surface area contributed by atoms with Gasteiger partial charge in [-0.1, -0.05) is 12.1 Å². The molecule has 0 aliphatic carbocycles. The van der Waals surface area contributed by atoms with Gasteiger partial charge in [-0.25, -0.2) is 4.98 Å². The van der Waals surface area contributed by atoms with Crippen molar-refractivity contribution in [3.05, 3.63) is 47.7 Å². The second-order valence-corrected chi connectivity index (χ2v) is 8.69. The van der Waals surface area contributed by atoms with Gasteiger partial charge in [-0.3, -0.25) is 19.3 Å². The molecule has 2 aromatic rings. The molecule has 0 atom stereocenters. The van der Waals surface area contributed by atoms with Gasteiger partial charge in [-0.2, -0.15) is 4.98 Å². The Kier molecular flexibility index (Phi) is 5.93. The number of aromatic nitrogens is 2. The first kappa shape index (κ1) is 21.4. The summed E-state index contributed by atoms with van der Waals surface area (Å²) in [6, 6.07) is 8.79. The second kappa shape index (κ2) is 9.17. The minimum Gasteiger partial charge on any atom is -0.353 e. The summed E-state index contributed by atoms with van der Waals surface area (Å²) in [5, 5.41) is 0. The molecule has 0 N–H and O–H groups in total. The van der Waals surface area contributed by atoms with E-state index in [0.717, 1.165) is 37.9 Å². The minimum absolute atomic E-state index is 0.0618. The summed E-state index contributed by atoms with van der Waals surface area (Å²) in [6.45, 7) is 4.99. The number of rotatable bonds is 6. The van der Waals surface area contributed by atoms with Gasteiger partial charge in [0.25, 0.3) is 11.8 Å². The maximum Gasteiger partial charge on any atom is 0.261 e. The van der Waals surface area contributed by atoms with Crippen LogP contribution in [0, 0.1) is 0 Å². The van der Waals surface area contributed by atoms with Crippen LogP contribution in [0.15, 0.2) is 36.5 Å². The molecule has 9 nitrogen and oxygen atoms in total. The first-order valence-electron chi connectivity index (χ1n) is 11.7. The van der Waals surface area contributed by atoms with Crippen molar-refractivity contribution in [3.8, 4) is 0 Å². The SMILES string of the molecule is O=C(CCCN1C(=O)c2ccccc2C1=O)N1CCN(c2ccnc(N3CCCC3)n2)CC1. The lowest BCUT2D eigenvalue weighted by molar-refractivity contribution is -0.131. The van der Waals surface area contributed by atoms with E-state index in [1.807, 2.05) is 17.2 Å². The van der Waals surface area contributed by atoms with Gasteiger partial charge in [-0.05, 0) is 37.5 Å². The Labute approximate surface area is 193 Å². The highest BCUT2D eigenvalue weighted by Crippen LogP contribution is 2.23. The average Bonchev–Trinajstić information content (AvgIpc) is 3.48. The monoisotopic (exact) mass is 448 g/mol. The van der Waals surface area contributed by atoms with E-state index < -0.39 is 0 Å². The fourth-order valence-corrected chi connectivity index (χ4v) is 4.76. The zero-order valence-corrected chi connectivity index (χ0v) is 18.7. The normalized spacial score (nSPS) is 18.3. The molecule has 0 unspecified atom stereocenters. The first-order chi connectivity index (χ1) is 16.1. The van der Waals surface area contributed by atoms with Crippen molar-refractivity contribution in [2.75, 3.05) is 55.6 Å². The maximum atomic E-state index is 12.7. The predicted molar refractivity (Wildman–Crippen MR) is 123 cm³/mol. The summed E-state index contributed by atoms with van der Waals surface area (Å²) < 4.78 is 0. The number of imide groups is 1. The van der Waals surface area contributed by atoms with Crippen LogP contribution in [0.3, 0.4) is 0 Å². The molecule has 1 aromatic carbocycles. The van der Waals surface area contributed by atoms with E-state index in [-0.39, 0.29) is 24.3 Å². The fraction of sp³-hybridized carbons (Fsp3) is 0.458. The Hall–Kier alpha value is -3.49. The number of benzene rings is 1. The van der Waals surface area contributed by atoms with Crippen molar-refractivity contribution in [1.29, 1.82) is 0 Å². The second-order valence-electron chi connectivity index (χ2n) is 8.69. The van der Waals surface area contributed by atoms with Crippen LogP contribution in [0.5, 0.6) is 0 Å². The zero-order chi connectivity index (χ0) is 22.8. The molecule has 0 bridgehead atoms. The molecule has 33 heavy (non-hydrogen) atoms. The van der Waals surface area contributed by atoms with E-state index in [4.69, 9.17) is 4.98 Å². The molecule has 0 saturated carbocycles. The third kappa shape index (κ3) is 4.27. The standard InChI is InChI=1S/C24H28N6O3/c31-21(8-5-13-30-22(32)18-6-1-2-7-19(18)23(30)33)28-16-14-27(15-17-28)20-9-10-25-24(26-20)29-11-3-4-12-29/h1-2,6-7,9-10H,3-5,8,11-17H2. The van der Waals surface area contributed by atoms with Gasteiger partial charge in [0.15, 0.2) is 0 Å². The van der Waals surface area contributed by atoms with Crippen LogP contribution in [0.4, 0.5) is 11.8 Å². The number of hydrogen-bond donors (Lipinski definition) is 0. The van der Waals surface area contributed by atoms with E-state index >= 15 is 0 Å². The number of amides is 3. The minimum atomic E-state index is -0.269. The number of carbonyl (C=O) groups excluding carboxylic acids is 3. The smallest absolute Gasteiger partial charge is 0.261 e. The van der Waals surface area contributed by atoms with Gasteiger partial charge < -0.3 is 14.7 Å². The molecule has 0 spiro atoms. The molecule has 3 aliphatic heterocycles. The van der Waals surface area contributed by atoms with E-state index in [0.29, 0.717) is 37.1 Å². The van der Waals surface area contributed by atoms with Crippen LogP contribution in [-0.2, 0) is 4.79 Å². The Balaban J connectivity index is 1.10. The Morgan fingerprint density at radius 3 is 2.18 bits per heavy atom. The molecule has 1 aromatic heterocycles. The lowest BCUT2D eigenvalue weighted by atomic mass is 10.1. The highest BCUT2D eigenvalue weighted by Gasteiger charge is 2.34.